The van der Waals surface area contributed by atoms with Crippen molar-refractivity contribution in [2.75, 3.05) is 19.5 Å². The van der Waals surface area contributed by atoms with Crippen LogP contribution in [0.5, 0.6) is 0 Å². The highest BCUT2D eigenvalue weighted by molar-refractivity contribution is 9.10. The first-order valence-electron chi connectivity index (χ1n) is 3.89. The molecular formula is C8H10BrN3O2. The van der Waals surface area contributed by atoms with Crippen LogP contribution < -0.4 is 5.43 Å². The van der Waals surface area contributed by atoms with Crippen LogP contribution in [0.4, 0.5) is 11.4 Å². The highest BCUT2D eigenvalue weighted by Crippen LogP contribution is 2.31. The van der Waals surface area contributed by atoms with Crippen molar-refractivity contribution < 1.29 is 4.92 Å². The molecule has 0 amide bonds. The molecule has 0 aliphatic heterocycles. The number of nitrogens with one attached hydrogen (secondary N) is 1. The van der Waals surface area contributed by atoms with Crippen molar-refractivity contribution in [1.29, 1.82) is 0 Å². The van der Waals surface area contributed by atoms with Crippen molar-refractivity contribution in [2.24, 2.45) is 0 Å². The zero-order valence-corrected chi connectivity index (χ0v) is 9.41. The van der Waals surface area contributed by atoms with Gasteiger partial charge >= 0.3 is 0 Å². The van der Waals surface area contributed by atoms with Gasteiger partial charge in [0.15, 0.2) is 0 Å². The van der Waals surface area contributed by atoms with Crippen LogP contribution in [0.2, 0.25) is 0 Å². The Labute approximate surface area is 90.0 Å². The molecule has 1 aromatic carbocycles. The molecule has 0 fully saturated rings. The first-order chi connectivity index (χ1) is 6.52. The third-order valence-corrected chi connectivity index (χ3v) is 2.18. The average molecular weight is 260 g/mol. The maximum atomic E-state index is 10.7. The van der Waals surface area contributed by atoms with Crippen molar-refractivity contribution in [1.82, 2.24) is 5.01 Å². The lowest BCUT2D eigenvalue weighted by atomic mass is 10.3. The maximum absolute atomic E-state index is 10.7. The van der Waals surface area contributed by atoms with Crippen molar-refractivity contribution in [2.45, 2.75) is 0 Å². The van der Waals surface area contributed by atoms with Gasteiger partial charge in [0.2, 0.25) is 0 Å². The molecule has 0 unspecified atom stereocenters. The van der Waals surface area contributed by atoms with Crippen LogP contribution in [0.1, 0.15) is 0 Å². The standard InChI is InChI=1S/C8H10BrN3O2/c1-11(2)10-8-6(9)4-3-5-7(8)12(13)14/h3-5,10H,1-2H3. The molecule has 14 heavy (non-hydrogen) atoms. The molecule has 0 aromatic heterocycles. The summed E-state index contributed by atoms with van der Waals surface area (Å²) in [6, 6.07) is 4.83. The Bertz CT molecular complexity index is 354. The van der Waals surface area contributed by atoms with Crippen molar-refractivity contribution >= 4 is 27.3 Å². The minimum atomic E-state index is -0.420. The molecule has 6 heteroatoms. The van der Waals surface area contributed by atoms with Gasteiger partial charge in [0.1, 0.15) is 5.69 Å². The Morgan fingerprint density at radius 1 is 1.50 bits per heavy atom. The molecule has 0 saturated carbocycles. The molecule has 1 aromatic rings. The second-order valence-electron chi connectivity index (χ2n) is 2.90. The fourth-order valence-electron chi connectivity index (χ4n) is 0.999. The first kappa shape index (κ1) is 10.9. The normalized spacial score (nSPS) is 10.3. The monoisotopic (exact) mass is 259 g/mol. The van der Waals surface area contributed by atoms with E-state index in [1.807, 2.05) is 0 Å². The van der Waals surface area contributed by atoms with Gasteiger partial charge in [-0.1, -0.05) is 6.07 Å². The summed E-state index contributed by atoms with van der Waals surface area (Å²) in [5.74, 6) is 0. The van der Waals surface area contributed by atoms with Gasteiger partial charge in [-0.15, -0.1) is 0 Å². The SMILES string of the molecule is CN(C)Nc1c(Br)cccc1[N+](=O)[O-]. The van der Waals surface area contributed by atoms with Gasteiger partial charge < -0.3 is 5.43 Å². The van der Waals surface area contributed by atoms with Gasteiger partial charge in [0.25, 0.3) is 5.69 Å². The quantitative estimate of drug-likeness (QED) is 0.668. The van der Waals surface area contributed by atoms with Crippen LogP contribution in [0.25, 0.3) is 0 Å². The van der Waals surface area contributed by atoms with Gasteiger partial charge in [0, 0.05) is 24.6 Å². The average Bonchev–Trinajstić information content (AvgIpc) is 2.07. The van der Waals surface area contributed by atoms with E-state index in [0.29, 0.717) is 10.2 Å². The zero-order chi connectivity index (χ0) is 10.7. The topological polar surface area (TPSA) is 58.4 Å². The second kappa shape index (κ2) is 4.39. The van der Waals surface area contributed by atoms with Gasteiger partial charge in [-0.3, -0.25) is 10.1 Å². The van der Waals surface area contributed by atoms with Gasteiger partial charge in [-0.2, -0.15) is 0 Å². The molecule has 0 saturated heterocycles. The number of benzene rings is 1. The maximum Gasteiger partial charge on any atom is 0.294 e. The van der Waals surface area contributed by atoms with Crippen molar-refractivity contribution in [3.05, 3.63) is 32.8 Å². The number of halogens is 1. The van der Waals surface area contributed by atoms with E-state index in [0.717, 1.165) is 0 Å². The molecule has 0 radical (unpaired) electrons. The minimum absolute atomic E-state index is 0.0491. The predicted octanol–water partition coefficient (Wildman–Crippen LogP) is 2.25. The summed E-state index contributed by atoms with van der Waals surface area (Å²) in [4.78, 5) is 10.3. The van der Waals surface area contributed by atoms with E-state index >= 15 is 0 Å². The first-order valence-corrected chi connectivity index (χ1v) is 4.68. The molecule has 5 nitrogen and oxygen atoms in total. The van der Waals surface area contributed by atoms with Crippen molar-refractivity contribution in [3.8, 4) is 0 Å². The molecule has 76 valence electrons. The van der Waals surface area contributed by atoms with E-state index in [1.165, 1.54) is 6.07 Å². The summed E-state index contributed by atoms with van der Waals surface area (Å²) in [5, 5.41) is 12.3. The third kappa shape index (κ3) is 2.43. The predicted molar refractivity (Wildman–Crippen MR) is 58.1 cm³/mol. The number of nitro benzene ring substituents is 1. The Hall–Kier alpha value is -1.14. The number of anilines is 1. The molecule has 0 bridgehead atoms. The van der Waals surface area contributed by atoms with E-state index in [2.05, 4.69) is 21.4 Å². The van der Waals surface area contributed by atoms with E-state index in [1.54, 1.807) is 31.2 Å². The van der Waals surface area contributed by atoms with Crippen LogP contribution in [0, 0.1) is 10.1 Å². The highest BCUT2D eigenvalue weighted by Gasteiger charge is 2.16. The molecule has 0 aliphatic carbocycles. The number of nitrogens with zero attached hydrogens (tertiary/aromatic N) is 2. The Balaban J connectivity index is 3.15. The summed E-state index contributed by atoms with van der Waals surface area (Å²) >= 11 is 3.25. The summed E-state index contributed by atoms with van der Waals surface area (Å²) < 4.78 is 0.667. The number of rotatable bonds is 3. The fourth-order valence-corrected chi connectivity index (χ4v) is 1.44. The fraction of sp³-hybridized carbons (Fsp3) is 0.250. The lowest BCUT2D eigenvalue weighted by molar-refractivity contribution is -0.384. The van der Waals surface area contributed by atoms with Crippen LogP contribution in [0.3, 0.4) is 0 Å². The van der Waals surface area contributed by atoms with Crippen LogP contribution in [-0.2, 0) is 0 Å². The summed E-state index contributed by atoms with van der Waals surface area (Å²) in [6.07, 6.45) is 0. The lowest BCUT2D eigenvalue weighted by Crippen LogP contribution is -2.20. The molecule has 0 atom stereocenters. The molecule has 0 spiro atoms. The molecule has 0 aliphatic rings. The van der Waals surface area contributed by atoms with E-state index in [4.69, 9.17) is 0 Å². The van der Waals surface area contributed by atoms with E-state index in [-0.39, 0.29) is 5.69 Å². The van der Waals surface area contributed by atoms with Crippen LogP contribution >= 0.6 is 15.9 Å². The van der Waals surface area contributed by atoms with Crippen LogP contribution in [0.15, 0.2) is 22.7 Å². The van der Waals surface area contributed by atoms with Gasteiger partial charge in [-0.05, 0) is 22.0 Å². The van der Waals surface area contributed by atoms with Gasteiger partial charge in [-0.25, -0.2) is 5.01 Å². The Morgan fingerprint density at radius 3 is 2.64 bits per heavy atom. The summed E-state index contributed by atoms with van der Waals surface area (Å²) in [5.41, 5.74) is 3.38. The highest BCUT2D eigenvalue weighted by atomic mass is 79.9. The molecular weight excluding hydrogens is 250 g/mol. The van der Waals surface area contributed by atoms with Crippen LogP contribution in [-0.4, -0.2) is 24.0 Å². The minimum Gasteiger partial charge on any atom is -0.312 e. The second-order valence-corrected chi connectivity index (χ2v) is 3.75. The largest absolute Gasteiger partial charge is 0.312 e. The number of hydrogen-bond donors (Lipinski definition) is 1. The van der Waals surface area contributed by atoms with E-state index < -0.39 is 4.92 Å². The number of hydrogen-bond acceptors (Lipinski definition) is 4. The molecule has 1 N–H and O–H groups in total. The Morgan fingerprint density at radius 2 is 2.14 bits per heavy atom. The number of para-hydroxylation sites is 1. The Kier molecular flexibility index (Phi) is 3.43. The zero-order valence-electron chi connectivity index (χ0n) is 7.82. The smallest absolute Gasteiger partial charge is 0.294 e. The third-order valence-electron chi connectivity index (χ3n) is 1.52. The number of nitro groups is 1. The molecule has 1 rings (SSSR count). The summed E-state index contributed by atoms with van der Waals surface area (Å²) in [6.45, 7) is 0. The van der Waals surface area contributed by atoms with Gasteiger partial charge in [0.05, 0.1) is 4.92 Å². The van der Waals surface area contributed by atoms with E-state index in [9.17, 15) is 10.1 Å². The molecule has 0 heterocycles. The van der Waals surface area contributed by atoms with Crippen molar-refractivity contribution in [3.63, 3.8) is 0 Å². The number of hydrazine groups is 1. The lowest BCUT2D eigenvalue weighted by Gasteiger charge is -2.14. The summed E-state index contributed by atoms with van der Waals surface area (Å²) in [7, 11) is 3.53.